The van der Waals surface area contributed by atoms with E-state index < -0.39 is 18.3 Å². The zero-order valence-electron chi connectivity index (χ0n) is 7.99. The van der Waals surface area contributed by atoms with Gasteiger partial charge >= 0.3 is 18.3 Å². The Morgan fingerprint density at radius 2 is 2.00 bits per heavy atom. The van der Waals surface area contributed by atoms with Crippen LogP contribution in [0.25, 0.3) is 0 Å². The molecule has 0 atom stereocenters. The summed E-state index contributed by atoms with van der Waals surface area (Å²) >= 11 is 8.57. The zero-order valence-corrected chi connectivity index (χ0v) is 10.3. The average Bonchev–Trinajstić information content (AvgIpc) is 2.24. The highest BCUT2D eigenvalue weighted by Crippen LogP contribution is 2.32. The van der Waals surface area contributed by atoms with Crippen molar-refractivity contribution in [1.29, 1.82) is 0 Å². The quantitative estimate of drug-likeness (QED) is 0.834. The molecule has 0 heterocycles. The third kappa shape index (κ3) is 3.10. The Morgan fingerprint density at radius 1 is 1.41 bits per heavy atom. The maximum absolute atomic E-state index is 12.6. The Balaban J connectivity index is 2.93. The lowest BCUT2D eigenvalue weighted by Gasteiger charge is -2.15. The van der Waals surface area contributed by atoms with Gasteiger partial charge in [-0.3, -0.25) is 4.79 Å². The topological polar surface area (TPSA) is 29.1 Å². The summed E-state index contributed by atoms with van der Waals surface area (Å²) in [6, 6.07) is 4.06. The predicted molar refractivity (Wildman–Crippen MR) is 58.7 cm³/mol. The minimum absolute atomic E-state index is 0.108. The summed E-state index contributed by atoms with van der Waals surface area (Å²) in [6.07, 6.45) is -4.07. The van der Waals surface area contributed by atoms with Gasteiger partial charge in [0.2, 0.25) is 0 Å². The van der Waals surface area contributed by atoms with Crippen molar-refractivity contribution < 1.29 is 22.4 Å². The van der Waals surface area contributed by atoms with Crippen molar-refractivity contribution in [2.45, 2.75) is 12.3 Å². The number of nitrogens with one attached hydrogen (secondary N) is 1. The first kappa shape index (κ1) is 14.2. The molecule has 0 aliphatic rings. The molecule has 0 fully saturated rings. The number of halogens is 6. The van der Waals surface area contributed by atoms with Crippen molar-refractivity contribution in [2.75, 3.05) is 5.32 Å². The second kappa shape index (κ2) is 5.22. The largest absolute Gasteiger partial charge is 0.383 e. The van der Waals surface area contributed by atoms with Gasteiger partial charge in [0.15, 0.2) is 0 Å². The Bertz CT molecular complexity index is 441. The molecular formula is C9H5BrClF4NO. The Hall–Kier alpha value is -0.820. The highest BCUT2D eigenvalue weighted by Gasteiger charge is 2.49. The number of rotatable bonds is 3. The Labute approximate surface area is 107 Å². The molecular weight excluding hydrogens is 329 g/mol. The molecule has 1 aromatic rings. The summed E-state index contributed by atoms with van der Waals surface area (Å²) in [5.41, 5.74) is -0.108. The van der Waals surface area contributed by atoms with Crippen LogP contribution in [0.2, 0.25) is 5.02 Å². The predicted octanol–water partition coefficient (Wildman–Crippen LogP) is 3.94. The summed E-state index contributed by atoms with van der Waals surface area (Å²) in [5, 5.41) is 1.83. The molecule has 1 N–H and O–H groups in total. The van der Waals surface area contributed by atoms with Crippen molar-refractivity contribution in [2.24, 2.45) is 0 Å². The fourth-order valence-electron chi connectivity index (χ4n) is 0.905. The molecule has 0 aliphatic carbocycles. The first-order valence-electron chi connectivity index (χ1n) is 4.18. The maximum Gasteiger partial charge on any atom is 0.383 e. The summed E-state index contributed by atoms with van der Waals surface area (Å²) < 4.78 is 49.2. The van der Waals surface area contributed by atoms with Crippen LogP contribution in [-0.4, -0.2) is 18.3 Å². The van der Waals surface area contributed by atoms with Crippen molar-refractivity contribution in [1.82, 2.24) is 0 Å². The van der Waals surface area contributed by atoms with Gasteiger partial charge in [0, 0.05) is 0 Å². The van der Waals surface area contributed by atoms with Crippen LogP contribution in [-0.2, 0) is 4.79 Å². The molecule has 0 bridgehead atoms. The maximum atomic E-state index is 12.6. The lowest BCUT2D eigenvalue weighted by atomic mass is 10.3. The SMILES string of the molecule is O=C(Nc1cccc(Cl)c1Br)C(F)(F)C(F)F. The number of hydrogen-bond donors (Lipinski definition) is 1. The molecule has 17 heavy (non-hydrogen) atoms. The van der Waals surface area contributed by atoms with Crippen LogP contribution in [0, 0.1) is 0 Å². The minimum Gasteiger partial charge on any atom is -0.320 e. The molecule has 1 amide bonds. The standard InChI is InChI=1S/C9H5BrClF4NO/c10-6-4(11)2-1-3-5(6)16-8(17)9(14,15)7(12)13/h1-3,7H,(H,16,17). The summed E-state index contributed by atoms with van der Waals surface area (Å²) in [5.74, 6) is -6.84. The van der Waals surface area contributed by atoms with Crippen LogP contribution in [0.15, 0.2) is 22.7 Å². The number of benzene rings is 1. The zero-order chi connectivity index (χ0) is 13.2. The van der Waals surface area contributed by atoms with E-state index in [1.54, 1.807) is 5.32 Å². The van der Waals surface area contributed by atoms with Gasteiger partial charge in [-0.05, 0) is 28.1 Å². The molecule has 94 valence electrons. The molecule has 2 nitrogen and oxygen atoms in total. The first-order valence-corrected chi connectivity index (χ1v) is 5.35. The van der Waals surface area contributed by atoms with Gasteiger partial charge in [-0.15, -0.1) is 0 Å². The highest BCUT2D eigenvalue weighted by atomic mass is 79.9. The second-order valence-electron chi connectivity index (χ2n) is 2.98. The Morgan fingerprint density at radius 3 is 2.53 bits per heavy atom. The molecule has 8 heteroatoms. The van der Waals surface area contributed by atoms with Crippen LogP contribution >= 0.6 is 27.5 Å². The van der Waals surface area contributed by atoms with E-state index in [4.69, 9.17) is 11.6 Å². The monoisotopic (exact) mass is 333 g/mol. The fraction of sp³-hybridized carbons (Fsp3) is 0.222. The summed E-state index contributed by atoms with van der Waals surface area (Å²) in [6.45, 7) is 0. The van der Waals surface area contributed by atoms with Gasteiger partial charge in [0.05, 0.1) is 15.2 Å². The highest BCUT2D eigenvalue weighted by molar-refractivity contribution is 9.10. The summed E-state index contributed by atoms with van der Waals surface area (Å²) in [7, 11) is 0. The fourth-order valence-corrected chi connectivity index (χ4v) is 1.44. The van der Waals surface area contributed by atoms with Crippen LogP contribution < -0.4 is 5.32 Å². The van der Waals surface area contributed by atoms with Gasteiger partial charge in [-0.1, -0.05) is 17.7 Å². The third-order valence-corrected chi connectivity index (χ3v) is 3.17. The second-order valence-corrected chi connectivity index (χ2v) is 4.18. The molecule has 1 rings (SSSR count). The Kier molecular flexibility index (Phi) is 4.37. The van der Waals surface area contributed by atoms with Crippen LogP contribution in [0.4, 0.5) is 23.2 Å². The number of carbonyl (C=O) groups excluding carboxylic acids is 1. The molecule has 0 radical (unpaired) electrons. The molecule has 0 spiro atoms. The van der Waals surface area contributed by atoms with E-state index in [2.05, 4.69) is 15.9 Å². The van der Waals surface area contributed by atoms with Crippen molar-refractivity contribution in [3.63, 3.8) is 0 Å². The van der Waals surface area contributed by atoms with Crippen LogP contribution in [0.1, 0.15) is 0 Å². The van der Waals surface area contributed by atoms with E-state index in [9.17, 15) is 22.4 Å². The molecule has 0 unspecified atom stereocenters. The van der Waals surface area contributed by atoms with E-state index in [1.165, 1.54) is 18.2 Å². The van der Waals surface area contributed by atoms with Gasteiger partial charge in [-0.25, -0.2) is 8.78 Å². The van der Waals surface area contributed by atoms with Crippen molar-refractivity contribution in [3.05, 3.63) is 27.7 Å². The first-order chi connectivity index (χ1) is 7.76. The van der Waals surface area contributed by atoms with E-state index >= 15 is 0 Å². The van der Waals surface area contributed by atoms with Crippen molar-refractivity contribution >= 4 is 39.1 Å². The normalized spacial score (nSPS) is 11.7. The van der Waals surface area contributed by atoms with Crippen LogP contribution in [0.3, 0.4) is 0 Å². The average molecular weight is 334 g/mol. The summed E-state index contributed by atoms with van der Waals surface area (Å²) in [4.78, 5) is 10.9. The van der Waals surface area contributed by atoms with Gasteiger partial charge in [-0.2, -0.15) is 8.78 Å². The lowest BCUT2D eigenvalue weighted by molar-refractivity contribution is -0.163. The van der Waals surface area contributed by atoms with E-state index in [-0.39, 0.29) is 15.2 Å². The minimum atomic E-state index is -4.75. The lowest BCUT2D eigenvalue weighted by Crippen LogP contribution is -2.41. The smallest absolute Gasteiger partial charge is 0.320 e. The van der Waals surface area contributed by atoms with Gasteiger partial charge in [0.25, 0.3) is 0 Å². The van der Waals surface area contributed by atoms with E-state index in [0.717, 1.165) is 0 Å². The number of carbonyl (C=O) groups is 1. The van der Waals surface area contributed by atoms with E-state index in [1.807, 2.05) is 0 Å². The van der Waals surface area contributed by atoms with Gasteiger partial charge in [0.1, 0.15) is 0 Å². The number of hydrogen-bond acceptors (Lipinski definition) is 1. The van der Waals surface area contributed by atoms with Gasteiger partial charge < -0.3 is 5.32 Å². The molecule has 0 aliphatic heterocycles. The molecule has 1 aromatic carbocycles. The molecule has 0 saturated heterocycles. The van der Waals surface area contributed by atoms with Crippen molar-refractivity contribution in [3.8, 4) is 0 Å². The number of amides is 1. The number of anilines is 1. The number of alkyl halides is 4. The van der Waals surface area contributed by atoms with Crippen LogP contribution in [0.5, 0.6) is 0 Å². The van der Waals surface area contributed by atoms with E-state index in [0.29, 0.717) is 0 Å². The molecule has 0 saturated carbocycles. The third-order valence-electron chi connectivity index (χ3n) is 1.78. The molecule has 0 aromatic heterocycles.